The Labute approximate surface area is 130 Å². The zero-order valence-corrected chi connectivity index (χ0v) is 13.9. The summed E-state index contributed by atoms with van der Waals surface area (Å²) in [6.45, 7) is 5.33. The van der Waals surface area contributed by atoms with Gasteiger partial charge in [-0.2, -0.15) is 0 Å². The summed E-state index contributed by atoms with van der Waals surface area (Å²) in [5, 5.41) is 2.59. The molecular weight excluding hydrogens is 286 g/mol. The zero-order chi connectivity index (χ0) is 16.9. The average molecular weight is 309 g/mol. The van der Waals surface area contributed by atoms with E-state index in [0.717, 1.165) is 0 Å². The number of nitrogens with one attached hydrogen (secondary N) is 1. The topological polar surface area (TPSA) is 80.8 Å². The fraction of sp³-hybridized carbons (Fsp3) is 0.533. The Hall–Kier alpha value is -2.31. The summed E-state index contributed by atoms with van der Waals surface area (Å²) in [5.74, 6) is 0.263. The maximum Gasteiger partial charge on any atom is 0.412 e. The molecule has 1 aromatic heterocycles. The predicted octanol–water partition coefficient (Wildman–Crippen LogP) is 2.07. The Morgan fingerprint density at radius 1 is 1.32 bits per heavy atom. The Morgan fingerprint density at radius 2 is 1.95 bits per heavy atom. The van der Waals surface area contributed by atoms with E-state index in [-0.39, 0.29) is 12.3 Å². The number of carbonyl (C=O) groups excluding carboxylic acids is 2. The fourth-order valence-corrected chi connectivity index (χ4v) is 1.62. The summed E-state index contributed by atoms with van der Waals surface area (Å²) in [6, 6.07) is 1.65. The maximum absolute atomic E-state index is 11.8. The molecule has 0 aliphatic heterocycles. The summed E-state index contributed by atoms with van der Waals surface area (Å²) in [4.78, 5) is 29.2. The molecule has 2 amide bonds. The summed E-state index contributed by atoms with van der Waals surface area (Å²) in [5.41, 5.74) is 0.444. The minimum Gasteiger partial charge on any atom is -0.481 e. The van der Waals surface area contributed by atoms with Crippen LogP contribution in [0.3, 0.4) is 0 Å². The van der Waals surface area contributed by atoms with Gasteiger partial charge in [0.2, 0.25) is 11.8 Å². The Balaban J connectivity index is 2.90. The van der Waals surface area contributed by atoms with Crippen molar-refractivity contribution < 1.29 is 19.1 Å². The van der Waals surface area contributed by atoms with E-state index in [1.807, 2.05) is 0 Å². The molecule has 0 aliphatic carbocycles. The summed E-state index contributed by atoms with van der Waals surface area (Å²) < 4.78 is 10.3. The molecule has 0 spiro atoms. The van der Waals surface area contributed by atoms with Crippen LogP contribution in [0.15, 0.2) is 12.3 Å². The highest BCUT2D eigenvalue weighted by Crippen LogP contribution is 2.21. The lowest BCUT2D eigenvalue weighted by molar-refractivity contribution is -0.128. The Kier molecular flexibility index (Phi) is 5.73. The minimum atomic E-state index is -0.590. The normalized spacial score (nSPS) is 10.8. The number of carbonyl (C=O) groups is 2. The number of anilines is 1. The van der Waals surface area contributed by atoms with Crippen molar-refractivity contribution in [3.63, 3.8) is 0 Å². The number of likely N-dealkylation sites (N-methyl/N-ethyl adjacent to an activating group) is 1. The van der Waals surface area contributed by atoms with Crippen LogP contribution < -0.4 is 10.1 Å². The van der Waals surface area contributed by atoms with E-state index in [1.165, 1.54) is 18.2 Å². The molecular formula is C15H23N3O4. The van der Waals surface area contributed by atoms with Crippen molar-refractivity contribution in [3.05, 3.63) is 17.8 Å². The van der Waals surface area contributed by atoms with E-state index in [0.29, 0.717) is 17.1 Å². The van der Waals surface area contributed by atoms with Gasteiger partial charge in [0.1, 0.15) is 5.60 Å². The van der Waals surface area contributed by atoms with Gasteiger partial charge < -0.3 is 14.4 Å². The second kappa shape index (κ2) is 7.11. The van der Waals surface area contributed by atoms with Gasteiger partial charge in [0.05, 0.1) is 25.4 Å². The monoisotopic (exact) mass is 309 g/mol. The first-order chi connectivity index (χ1) is 10.1. The highest BCUT2D eigenvalue weighted by molar-refractivity contribution is 5.85. The molecule has 0 aliphatic rings. The van der Waals surface area contributed by atoms with E-state index >= 15 is 0 Å². The molecule has 7 heteroatoms. The molecule has 1 rings (SSSR count). The van der Waals surface area contributed by atoms with Crippen molar-refractivity contribution in [2.45, 2.75) is 32.8 Å². The molecule has 0 atom stereocenters. The van der Waals surface area contributed by atoms with Crippen LogP contribution in [-0.2, 0) is 16.0 Å². The first-order valence-electron chi connectivity index (χ1n) is 6.85. The number of amides is 2. The van der Waals surface area contributed by atoms with E-state index in [9.17, 15) is 9.59 Å². The fourth-order valence-electron chi connectivity index (χ4n) is 1.62. The van der Waals surface area contributed by atoms with Crippen molar-refractivity contribution in [3.8, 4) is 5.88 Å². The quantitative estimate of drug-likeness (QED) is 0.921. The zero-order valence-electron chi connectivity index (χ0n) is 13.9. The van der Waals surface area contributed by atoms with Crippen molar-refractivity contribution in [2.24, 2.45) is 0 Å². The maximum atomic E-state index is 11.8. The highest BCUT2D eigenvalue weighted by Gasteiger charge is 2.18. The van der Waals surface area contributed by atoms with Gasteiger partial charge in [-0.1, -0.05) is 0 Å². The van der Waals surface area contributed by atoms with Crippen molar-refractivity contribution >= 4 is 17.7 Å². The second-order valence-corrected chi connectivity index (χ2v) is 5.98. The number of methoxy groups -OCH3 is 1. The second-order valence-electron chi connectivity index (χ2n) is 5.98. The molecule has 0 fully saturated rings. The molecule has 1 N–H and O–H groups in total. The van der Waals surface area contributed by atoms with Gasteiger partial charge in [-0.25, -0.2) is 9.78 Å². The van der Waals surface area contributed by atoms with Gasteiger partial charge in [-0.05, 0) is 26.8 Å². The van der Waals surface area contributed by atoms with Crippen LogP contribution in [0.25, 0.3) is 0 Å². The van der Waals surface area contributed by atoms with Crippen molar-refractivity contribution in [1.29, 1.82) is 0 Å². The van der Waals surface area contributed by atoms with Gasteiger partial charge in [-0.15, -0.1) is 0 Å². The van der Waals surface area contributed by atoms with E-state index in [1.54, 1.807) is 40.9 Å². The Bertz CT molecular complexity index is 550. The number of hydrogen-bond acceptors (Lipinski definition) is 5. The molecule has 22 heavy (non-hydrogen) atoms. The molecule has 0 radical (unpaired) electrons. The third-order valence-corrected chi connectivity index (χ3v) is 2.60. The molecule has 7 nitrogen and oxygen atoms in total. The number of hydrogen-bond donors (Lipinski definition) is 1. The predicted molar refractivity (Wildman–Crippen MR) is 83.0 cm³/mol. The number of rotatable bonds is 4. The molecule has 0 bridgehead atoms. The van der Waals surface area contributed by atoms with E-state index < -0.39 is 11.7 Å². The molecule has 0 aromatic carbocycles. The number of ether oxygens (including phenoxy) is 2. The molecule has 122 valence electrons. The van der Waals surface area contributed by atoms with Gasteiger partial charge in [0, 0.05) is 19.7 Å². The van der Waals surface area contributed by atoms with Crippen LogP contribution in [0.2, 0.25) is 0 Å². The lowest BCUT2D eigenvalue weighted by Gasteiger charge is -2.20. The van der Waals surface area contributed by atoms with Crippen LogP contribution in [-0.4, -0.2) is 48.7 Å². The number of aromatic nitrogens is 1. The van der Waals surface area contributed by atoms with Crippen molar-refractivity contribution in [1.82, 2.24) is 9.88 Å². The first-order valence-corrected chi connectivity index (χ1v) is 6.85. The smallest absolute Gasteiger partial charge is 0.412 e. The average Bonchev–Trinajstić information content (AvgIpc) is 2.36. The van der Waals surface area contributed by atoms with E-state index in [4.69, 9.17) is 9.47 Å². The molecule has 0 unspecified atom stereocenters. The Morgan fingerprint density at radius 3 is 2.45 bits per heavy atom. The van der Waals surface area contributed by atoms with Crippen LogP contribution in [0.1, 0.15) is 26.3 Å². The van der Waals surface area contributed by atoms with Gasteiger partial charge in [-0.3, -0.25) is 10.1 Å². The van der Waals surface area contributed by atoms with E-state index in [2.05, 4.69) is 10.3 Å². The molecule has 0 saturated carbocycles. The third-order valence-electron chi connectivity index (χ3n) is 2.60. The lowest BCUT2D eigenvalue weighted by Crippen LogP contribution is -2.27. The van der Waals surface area contributed by atoms with Crippen LogP contribution in [0.4, 0.5) is 10.5 Å². The van der Waals surface area contributed by atoms with Gasteiger partial charge in [0.15, 0.2) is 0 Å². The number of pyridine rings is 1. The van der Waals surface area contributed by atoms with Crippen molar-refractivity contribution in [2.75, 3.05) is 26.5 Å². The minimum absolute atomic E-state index is 0.0884. The summed E-state index contributed by atoms with van der Waals surface area (Å²) >= 11 is 0. The molecule has 0 saturated heterocycles. The first kappa shape index (κ1) is 17.7. The SMILES string of the molecule is COc1ncc(NC(=O)OC(C)(C)C)cc1CC(=O)N(C)C. The van der Waals surface area contributed by atoms with Gasteiger partial charge in [0.25, 0.3) is 0 Å². The summed E-state index contributed by atoms with van der Waals surface area (Å²) in [6.07, 6.45) is 1.00. The highest BCUT2D eigenvalue weighted by atomic mass is 16.6. The standard InChI is InChI=1S/C15H23N3O4/c1-15(2,3)22-14(20)17-11-7-10(8-12(19)18(4)5)13(21-6)16-9-11/h7,9H,8H2,1-6H3,(H,17,20). The summed E-state index contributed by atoms with van der Waals surface area (Å²) in [7, 11) is 4.82. The van der Waals surface area contributed by atoms with Crippen LogP contribution in [0, 0.1) is 0 Å². The third kappa shape index (κ3) is 5.59. The number of nitrogens with zero attached hydrogens (tertiary/aromatic N) is 2. The lowest BCUT2D eigenvalue weighted by atomic mass is 10.1. The largest absolute Gasteiger partial charge is 0.481 e. The van der Waals surface area contributed by atoms with Crippen LogP contribution in [0.5, 0.6) is 5.88 Å². The molecule has 1 heterocycles. The van der Waals surface area contributed by atoms with Gasteiger partial charge >= 0.3 is 6.09 Å². The van der Waals surface area contributed by atoms with Crippen LogP contribution >= 0.6 is 0 Å². The molecule has 1 aromatic rings.